The molecule has 0 aliphatic heterocycles. The predicted octanol–water partition coefficient (Wildman–Crippen LogP) is 4.22. The highest BCUT2D eigenvalue weighted by atomic mass is 79.9. The second kappa shape index (κ2) is 6.87. The molecule has 0 aliphatic carbocycles. The van der Waals surface area contributed by atoms with Gasteiger partial charge in [-0.05, 0) is 24.6 Å². The molecule has 0 saturated carbocycles. The van der Waals surface area contributed by atoms with E-state index in [4.69, 9.17) is 5.11 Å². The number of alkyl halides is 6. The minimum absolute atomic E-state index is 0.0660. The molecular weight excluding hydrogens is 368 g/mol. The van der Waals surface area contributed by atoms with Gasteiger partial charge in [-0.15, -0.1) is 0 Å². The van der Waals surface area contributed by atoms with E-state index < -0.39 is 36.8 Å². The van der Waals surface area contributed by atoms with Crippen molar-refractivity contribution in [2.45, 2.75) is 18.8 Å². The molecule has 0 amide bonds. The molecule has 1 N–H and O–H groups in total. The highest BCUT2D eigenvalue weighted by Crippen LogP contribution is 2.39. The lowest BCUT2D eigenvalue weighted by Crippen LogP contribution is -2.36. The first-order valence-corrected chi connectivity index (χ1v) is 6.63. The van der Waals surface area contributed by atoms with E-state index in [2.05, 4.69) is 15.9 Å². The quantitative estimate of drug-likeness (QED) is 0.774. The molecule has 0 bridgehead atoms. The zero-order valence-electron chi connectivity index (χ0n) is 10.6. The van der Waals surface area contributed by atoms with Crippen molar-refractivity contribution in [2.75, 3.05) is 24.6 Å². The first kappa shape index (κ1) is 18.1. The van der Waals surface area contributed by atoms with Gasteiger partial charge in [-0.25, -0.2) is 0 Å². The Morgan fingerprint density at radius 3 is 2.19 bits per heavy atom. The van der Waals surface area contributed by atoms with E-state index in [-0.39, 0.29) is 17.4 Å². The average Bonchev–Trinajstić information content (AvgIpc) is 2.32. The Morgan fingerprint density at radius 1 is 1.10 bits per heavy atom. The molecule has 9 heteroatoms. The molecule has 0 saturated heterocycles. The molecule has 1 rings (SSSR count). The fraction of sp³-hybridized carbons (Fsp3) is 0.500. The van der Waals surface area contributed by atoms with Gasteiger partial charge in [-0.3, -0.25) is 0 Å². The molecule has 2 nitrogen and oxygen atoms in total. The minimum Gasteiger partial charge on any atom is -0.396 e. The number of hydrogen-bond acceptors (Lipinski definition) is 2. The summed E-state index contributed by atoms with van der Waals surface area (Å²) in [5, 5.41) is 8.70. The zero-order valence-corrected chi connectivity index (χ0v) is 12.2. The van der Waals surface area contributed by atoms with Crippen LogP contribution in [0, 0.1) is 0 Å². The van der Waals surface area contributed by atoms with Gasteiger partial charge in [0.15, 0.2) is 0 Å². The van der Waals surface area contributed by atoms with Crippen LogP contribution in [0.1, 0.15) is 12.0 Å². The highest BCUT2D eigenvalue weighted by molar-refractivity contribution is 9.10. The molecule has 0 unspecified atom stereocenters. The maximum atomic E-state index is 13.0. The number of hydrogen-bond donors (Lipinski definition) is 1. The van der Waals surface area contributed by atoms with Crippen LogP contribution in [0.5, 0.6) is 0 Å². The molecule has 0 fully saturated rings. The fourth-order valence-electron chi connectivity index (χ4n) is 1.77. The third kappa shape index (κ3) is 5.74. The van der Waals surface area contributed by atoms with Gasteiger partial charge < -0.3 is 10.0 Å². The van der Waals surface area contributed by atoms with E-state index >= 15 is 0 Å². The van der Waals surface area contributed by atoms with Crippen LogP contribution in [0.25, 0.3) is 0 Å². The molecular formula is C12H12BrF6NO. The predicted molar refractivity (Wildman–Crippen MR) is 69.1 cm³/mol. The summed E-state index contributed by atoms with van der Waals surface area (Å²) in [7, 11) is 0. The van der Waals surface area contributed by atoms with Crippen molar-refractivity contribution in [2.24, 2.45) is 0 Å². The Kier molecular flexibility index (Phi) is 5.92. The second-order valence-electron chi connectivity index (χ2n) is 4.27. The van der Waals surface area contributed by atoms with Crippen molar-refractivity contribution in [3.63, 3.8) is 0 Å². The lowest BCUT2D eigenvalue weighted by Gasteiger charge is -2.28. The third-order valence-corrected chi connectivity index (χ3v) is 3.05. The van der Waals surface area contributed by atoms with Crippen molar-refractivity contribution >= 4 is 21.6 Å². The summed E-state index contributed by atoms with van der Waals surface area (Å²) in [5.74, 6) is 0. The van der Waals surface area contributed by atoms with Crippen LogP contribution < -0.4 is 4.90 Å². The van der Waals surface area contributed by atoms with Gasteiger partial charge in [0.25, 0.3) is 0 Å². The summed E-state index contributed by atoms with van der Waals surface area (Å²) >= 11 is 2.87. The monoisotopic (exact) mass is 379 g/mol. The van der Waals surface area contributed by atoms with Crippen molar-refractivity contribution in [3.8, 4) is 0 Å². The number of halogens is 7. The number of benzene rings is 1. The molecule has 0 heterocycles. The number of rotatable bonds is 5. The largest absolute Gasteiger partial charge is 0.418 e. The molecule has 0 radical (unpaired) electrons. The number of aliphatic hydroxyl groups excluding tert-OH is 1. The highest BCUT2D eigenvalue weighted by Gasteiger charge is 2.38. The minimum atomic E-state index is -4.78. The number of nitrogens with zero attached hydrogens (tertiary/aromatic N) is 1. The Morgan fingerprint density at radius 2 is 1.71 bits per heavy atom. The van der Waals surface area contributed by atoms with Crippen LogP contribution >= 0.6 is 15.9 Å². The van der Waals surface area contributed by atoms with E-state index in [1.807, 2.05) is 0 Å². The fourth-order valence-corrected chi connectivity index (χ4v) is 2.13. The van der Waals surface area contributed by atoms with Gasteiger partial charge in [-0.1, -0.05) is 15.9 Å². The zero-order chi connectivity index (χ0) is 16.3. The first-order chi connectivity index (χ1) is 9.54. The molecule has 0 atom stereocenters. The lowest BCUT2D eigenvalue weighted by molar-refractivity contribution is -0.138. The van der Waals surface area contributed by atoms with E-state index in [0.717, 1.165) is 12.1 Å². The maximum absolute atomic E-state index is 13.0. The SMILES string of the molecule is OCCCN(CC(F)(F)F)c1ccc(Br)cc1C(F)(F)F. The Bertz CT molecular complexity index is 474. The van der Waals surface area contributed by atoms with Gasteiger partial charge in [0.1, 0.15) is 6.54 Å². The van der Waals surface area contributed by atoms with Crippen LogP contribution in [0.15, 0.2) is 22.7 Å². The second-order valence-corrected chi connectivity index (χ2v) is 5.19. The smallest absolute Gasteiger partial charge is 0.396 e. The van der Waals surface area contributed by atoms with Crippen LogP contribution in [0.4, 0.5) is 32.0 Å². The van der Waals surface area contributed by atoms with Crippen LogP contribution in [0.2, 0.25) is 0 Å². The summed E-state index contributed by atoms with van der Waals surface area (Å²) in [6.45, 7) is -2.26. The lowest BCUT2D eigenvalue weighted by atomic mass is 10.1. The van der Waals surface area contributed by atoms with Crippen molar-refractivity contribution in [3.05, 3.63) is 28.2 Å². The van der Waals surface area contributed by atoms with Gasteiger partial charge >= 0.3 is 12.4 Å². The summed E-state index contributed by atoms with van der Waals surface area (Å²) < 4.78 is 76.6. The van der Waals surface area contributed by atoms with Gasteiger partial charge in [-0.2, -0.15) is 26.3 Å². The molecule has 0 aliphatic rings. The Hall–Kier alpha value is -0.960. The molecule has 120 valence electrons. The number of aliphatic hydroxyl groups is 1. The Labute approximate surface area is 125 Å². The van der Waals surface area contributed by atoms with E-state index in [0.29, 0.717) is 4.90 Å². The summed E-state index contributed by atoms with van der Waals surface area (Å²) in [5.41, 5.74) is -1.71. The van der Waals surface area contributed by atoms with Gasteiger partial charge in [0, 0.05) is 23.3 Å². The summed E-state index contributed by atoms with van der Waals surface area (Å²) in [6.07, 6.45) is -9.49. The van der Waals surface area contributed by atoms with Crippen molar-refractivity contribution < 1.29 is 31.4 Å². The maximum Gasteiger partial charge on any atom is 0.418 e. The van der Waals surface area contributed by atoms with Crippen molar-refractivity contribution in [1.82, 2.24) is 0 Å². The molecule has 0 spiro atoms. The average molecular weight is 380 g/mol. The normalized spacial score (nSPS) is 12.6. The van der Waals surface area contributed by atoms with Crippen molar-refractivity contribution in [1.29, 1.82) is 0 Å². The molecule has 21 heavy (non-hydrogen) atoms. The van der Waals surface area contributed by atoms with E-state index in [1.165, 1.54) is 6.07 Å². The summed E-state index contributed by atoms with van der Waals surface area (Å²) in [6, 6.07) is 2.96. The standard InChI is InChI=1S/C12H12BrF6NO/c13-8-2-3-10(9(6-8)12(17,18)19)20(4-1-5-21)7-11(14,15)16/h2-3,6,21H,1,4-5,7H2. The topological polar surface area (TPSA) is 23.5 Å². The van der Waals surface area contributed by atoms with Crippen LogP contribution in [-0.4, -0.2) is 31.0 Å². The van der Waals surface area contributed by atoms with E-state index in [1.54, 1.807) is 0 Å². The molecule has 1 aromatic rings. The third-order valence-electron chi connectivity index (χ3n) is 2.56. The van der Waals surface area contributed by atoms with E-state index in [9.17, 15) is 26.3 Å². The Balaban J connectivity index is 3.23. The summed E-state index contributed by atoms with van der Waals surface area (Å²) in [4.78, 5) is 0.575. The molecule has 0 aromatic heterocycles. The first-order valence-electron chi connectivity index (χ1n) is 5.84. The van der Waals surface area contributed by atoms with Crippen LogP contribution in [-0.2, 0) is 6.18 Å². The number of anilines is 1. The van der Waals surface area contributed by atoms with Gasteiger partial charge in [0.05, 0.1) is 5.56 Å². The van der Waals surface area contributed by atoms with Gasteiger partial charge in [0.2, 0.25) is 0 Å². The van der Waals surface area contributed by atoms with Crippen LogP contribution in [0.3, 0.4) is 0 Å². The molecule has 1 aromatic carbocycles.